The average Bonchev–Trinajstić information content (AvgIpc) is 3.14. The molecule has 0 aliphatic rings. The number of phosphoric acid groups is 1. The lowest BCUT2D eigenvalue weighted by Gasteiger charge is -2.18. The van der Waals surface area contributed by atoms with Gasteiger partial charge < -0.3 is 19.3 Å². The highest BCUT2D eigenvalue weighted by atomic mass is 31.2. The molecule has 0 heterocycles. The molecule has 0 aromatic carbocycles. The summed E-state index contributed by atoms with van der Waals surface area (Å²) in [5.74, 6) is -0.989. The molecule has 0 spiro atoms. The van der Waals surface area contributed by atoms with E-state index in [0.717, 1.165) is 57.8 Å². The van der Waals surface area contributed by atoms with Gasteiger partial charge in [-0.25, -0.2) is 4.57 Å². The molecule has 0 aromatic rings. The number of rotatable bonds is 37. The first-order valence-electron chi connectivity index (χ1n) is 20.9. The summed E-state index contributed by atoms with van der Waals surface area (Å²) >= 11 is 0. The molecule has 8 nitrogen and oxygen atoms in total. The molecule has 0 saturated carbocycles. The SMILES string of the molecule is CCCCC/C=C\C/C=C\C/C=C\C/C=C\CCCCCC(=O)OC[C@H](COP(=O)(O)O)OC(=O)CCC/C=C\C/C=C\C/C=C\CCCCCCCC. The van der Waals surface area contributed by atoms with E-state index in [0.29, 0.717) is 19.3 Å². The van der Waals surface area contributed by atoms with Crippen LogP contribution >= 0.6 is 7.82 Å². The molecule has 0 rings (SSSR count). The lowest BCUT2D eigenvalue weighted by molar-refractivity contribution is -0.161. The van der Waals surface area contributed by atoms with Crippen molar-refractivity contribution in [2.45, 2.75) is 174 Å². The Hall–Kier alpha value is -2.77. The minimum atomic E-state index is -4.78. The quantitative estimate of drug-likeness (QED) is 0.0277. The smallest absolute Gasteiger partial charge is 0.462 e. The largest absolute Gasteiger partial charge is 0.469 e. The number of carbonyl (C=O) groups is 2. The van der Waals surface area contributed by atoms with Crippen LogP contribution < -0.4 is 0 Å². The van der Waals surface area contributed by atoms with Crippen molar-refractivity contribution < 1.29 is 37.9 Å². The van der Waals surface area contributed by atoms with Gasteiger partial charge in [0.1, 0.15) is 6.61 Å². The molecule has 0 saturated heterocycles. The van der Waals surface area contributed by atoms with E-state index in [4.69, 9.17) is 19.3 Å². The van der Waals surface area contributed by atoms with Crippen molar-refractivity contribution in [2.24, 2.45) is 0 Å². The number of hydrogen-bond donors (Lipinski definition) is 2. The van der Waals surface area contributed by atoms with Crippen LogP contribution in [0.2, 0.25) is 0 Å². The van der Waals surface area contributed by atoms with Crippen LogP contribution in [-0.4, -0.2) is 41.0 Å². The van der Waals surface area contributed by atoms with Crippen molar-refractivity contribution in [3.8, 4) is 0 Å². The summed E-state index contributed by atoms with van der Waals surface area (Å²) in [5, 5.41) is 0. The Morgan fingerprint density at radius 2 is 0.852 bits per heavy atom. The van der Waals surface area contributed by atoms with E-state index >= 15 is 0 Å². The van der Waals surface area contributed by atoms with E-state index in [9.17, 15) is 14.2 Å². The normalized spacial score (nSPS) is 13.3. The van der Waals surface area contributed by atoms with Gasteiger partial charge in [-0.2, -0.15) is 0 Å². The van der Waals surface area contributed by atoms with Gasteiger partial charge in [0, 0.05) is 12.8 Å². The molecule has 0 fully saturated rings. The standard InChI is InChI=1S/C45H75O8P/c1-3-5-7-9-11-13-15-17-19-21-22-24-25-27-29-31-33-35-37-39-44(46)51-41-43(42-52-54(48,49)50)53-45(47)40-38-36-34-32-30-28-26-23-20-18-16-14-12-10-8-6-4-2/h11,13,17-20,22,24,26-29,32,34,43H,3-10,12,14-16,21,23,25,30-31,33,35-42H2,1-2H3,(H2,48,49,50)/b13-11-,19-17-,20-18-,24-22-,28-26-,29-27-,34-32-/t43-/m1/s1. The zero-order valence-electron chi connectivity index (χ0n) is 33.8. The Kier molecular flexibility index (Phi) is 37.9. The van der Waals surface area contributed by atoms with Gasteiger partial charge in [0.15, 0.2) is 6.10 Å². The second-order valence-electron chi connectivity index (χ2n) is 13.6. The highest BCUT2D eigenvalue weighted by Gasteiger charge is 2.22. The average molecular weight is 775 g/mol. The predicted molar refractivity (Wildman–Crippen MR) is 225 cm³/mol. The Balaban J connectivity index is 4.10. The molecule has 0 aromatic heterocycles. The Labute approximate surface area is 329 Å². The monoisotopic (exact) mass is 775 g/mol. The van der Waals surface area contributed by atoms with Gasteiger partial charge in [0.05, 0.1) is 6.61 Å². The van der Waals surface area contributed by atoms with E-state index < -0.39 is 32.5 Å². The van der Waals surface area contributed by atoms with Gasteiger partial charge in [-0.05, 0) is 89.9 Å². The minimum Gasteiger partial charge on any atom is -0.462 e. The van der Waals surface area contributed by atoms with E-state index in [-0.39, 0.29) is 19.4 Å². The number of allylic oxidation sites excluding steroid dienone is 14. The lowest BCUT2D eigenvalue weighted by atomic mass is 10.1. The van der Waals surface area contributed by atoms with E-state index in [1.54, 1.807) is 0 Å². The van der Waals surface area contributed by atoms with Crippen LogP contribution in [0.25, 0.3) is 0 Å². The first-order chi connectivity index (χ1) is 26.3. The van der Waals surface area contributed by atoms with Gasteiger partial charge in [-0.3, -0.25) is 14.1 Å². The maximum absolute atomic E-state index is 12.4. The molecule has 0 amide bonds. The number of hydrogen-bond acceptors (Lipinski definition) is 6. The van der Waals surface area contributed by atoms with Crippen LogP contribution in [-0.2, 0) is 28.2 Å². The number of unbranched alkanes of at least 4 members (excludes halogenated alkanes) is 13. The molecule has 0 bridgehead atoms. The highest BCUT2D eigenvalue weighted by Crippen LogP contribution is 2.36. The van der Waals surface area contributed by atoms with Crippen molar-refractivity contribution >= 4 is 19.8 Å². The summed E-state index contributed by atoms with van der Waals surface area (Å²) in [6.45, 7) is 3.57. The van der Waals surface area contributed by atoms with Crippen molar-refractivity contribution in [3.05, 3.63) is 85.1 Å². The molecule has 0 aliphatic carbocycles. The minimum absolute atomic E-state index is 0.128. The van der Waals surface area contributed by atoms with Gasteiger partial charge in [-0.15, -0.1) is 0 Å². The second-order valence-corrected chi connectivity index (χ2v) is 14.8. The maximum Gasteiger partial charge on any atom is 0.469 e. The number of esters is 2. The topological polar surface area (TPSA) is 119 Å². The van der Waals surface area contributed by atoms with Gasteiger partial charge in [0.2, 0.25) is 0 Å². The lowest BCUT2D eigenvalue weighted by Crippen LogP contribution is -2.29. The zero-order chi connectivity index (χ0) is 39.6. The molecule has 0 unspecified atom stereocenters. The number of phosphoric ester groups is 1. The molecular weight excluding hydrogens is 699 g/mol. The van der Waals surface area contributed by atoms with Crippen LogP contribution in [0.4, 0.5) is 0 Å². The summed E-state index contributed by atoms with van der Waals surface area (Å²) in [7, 11) is -4.78. The van der Waals surface area contributed by atoms with Crippen LogP contribution in [0, 0.1) is 0 Å². The zero-order valence-corrected chi connectivity index (χ0v) is 34.7. The molecule has 1 atom stereocenters. The third-order valence-corrected chi connectivity index (χ3v) is 8.87. The van der Waals surface area contributed by atoms with E-state index in [1.807, 2.05) is 6.08 Å². The molecule has 9 heteroatoms. The van der Waals surface area contributed by atoms with Crippen LogP contribution in [0.3, 0.4) is 0 Å². The van der Waals surface area contributed by atoms with Gasteiger partial charge in [-0.1, -0.05) is 150 Å². The highest BCUT2D eigenvalue weighted by molar-refractivity contribution is 7.46. The molecule has 0 radical (unpaired) electrons. The van der Waals surface area contributed by atoms with E-state index in [2.05, 4.69) is 97.4 Å². The number of ether oxygens (including phenoxy) is 2. The maximum atomic E-state index is 12.4. The summed E-state index contributed by atoms with van der Waals surface area (Å²) in [5.41, 5.74) is 0. The van der Waals surface area contributed by atoms with Crippen molar-refractivity contribution in [1.29, 1.82) is 0 Å². The van der Waals surface area contributed by atoms with Gasteiger partial charge in [0.25, 0.3) is 0 Å². The van der Waals surface area contributed by atoms with Crippen molar-refractivity contribution in [2.75, 3.05) is 13.2 Å². The summed E-state index contributed by atoms with van der Waals surface area (Å²) in [6.07, 6.45) is 53.1. The predicted octanol–water partition coefficient (Wildman–Crippen LogP) is 12.8. The fourth-order valence-corrected chi connectivity index (χ4v) is 5.61. The summed E-state index contributed by atoms with van der Waals surface area (Å²) < 4.78 is 26.3. The molecule has 0 aliphatic heterocycles. The number of carbonyl (C=O) groups excluding carboxylic acids is 2. The Morgan fingerprint density at radius 1 is 0.481 bits per heavy atom. The third-order valence-electron chi connectivity index (χ3n) is 8.39. The molecule has 54 heavy (non-hydrogen) atoms. The first-order valence-corrected chi connectivity index (χ1v) is 22.4. The fraction of sp³-hybridized carbons (Fsp3) is 0.644. The van der Waals surface area contributed by atoms with Crippen LogP contribution in [0.5, 0.6) is 0 Å². The molecule has 308 valence electrons. The van der Waals surface area contributed by atoms with Gasteiger partial charge >= 0.3 is 19.8 Å². The third kappa shape index (κ3) is 42.0. The van der Waals surface area contributed by atoms with Crippen LogP contribution in [0.1, 0.15) is 168 Å². The Morgan fingerprint density at radius 3 is 1.33 bits per heavy atom. The molecule has 2 N–H and O–H groups in total. The first kappa shape index (κ1) is 51.2. The Bertz CT molecular complexity index is 1140. The van der Waals surface area contributed by atoms with Crippen molar-refractivity contribution in [1.82, 2.24) is 0 Å². The van der Waals surface area contributed by atoms with Crippen LogP contribution in [0.15, 0.2) is 85.1 Å². The van der Waals surface area contributed by atoms with E-state index in [1.165, 1.54) is 64.2 Å². The summed E-state index contributed by atoms with van der Waals surface area (Å²) in [6, 6.07) is 0. The second kappa shape index (κ2) is 39.9. The van der Waals surface area contributed by atoms with Crippen molar-refractivity contribution in [3.63, 3.8) is 0 Å². The molecular formula is C45H75O8P. The summed E-state index contributed by atoms with van der Waals surface area (Å²) in [4.78, 5) is 42.8. The fourth-order valence-electron chi connectivity index (χ4n) is 5.25.